The van der Waals surface area contributed by atoms with Crippen LogP contribution in [0.3, 0.4) is 0 Å². The molecular formula is C25H54N2O5. The van der Waals surface area contributed by atoms with Gasteiger partial charge < -0.3 is 30.5 Å². The lowest BCUT2D eigenvalue weighted by molar-refractivity contribution is -0.0808. The third-order valence-corrected chi connectivity index (χ3v) is 6.92. The van der Waals surface area contributed by atoms with Gasteiger partial charge in [0.05, 0.1) is 37.8 Å². The Hall–Kier alpha value is -0.280. The summed E-state index contributed by atoms with van der Waals surface area (Å²) < 4.78 is 6.07. The fraction of sp³-hybridized carbons (Fsp3) is 1.00. The maximum absolute atomic E-state index is 10.9. The smallest absolute Gasteiger partial charge is 0.0931 e. The normalized spacial score (nSPS) is 20.7. The molecule has 6 N–H and O–H groups in total. The van der Waals surface area contributed by atoms with Gasteiger partial charge in [-0.05, 0) is 57.2 Å². The summed E-state index contributed by atoms with van der Waals surface area (Å²) in [5.41, 5.74) is 0. The van der Waals surface area contributed by atoms with E-state index in [1.807, 2.05) is 27.7 Å². The van der Waals surface area contributed by atoms with Crippen molar-refractivity contribution in [1.82, 2.24) is 10.6 Å². The van der Waals surface area contributed by atoms with Gasteiger partial charge in [0.25, 0.3) is 0 Å². The molecule has 0 saturated heterocycles. The predicted octanol–water partition coefficient (Wildman–Crippen LogP) is 2.36. The number of nitrogens with one attached hydrogen (secondary N) is 2. The number of hydrogen-bond acceptors (Lipinski definition) is 7. The minimum absolute atomic E-state index is 0.0148. The molecule has 0 aromatic heterocycles. The maximum atomic E-state index is 10.9. The van der Waals surface area contributed by atoms with Gasteiger partial charge in [0, 0.05) is 17.8 Å². The molecule has 0 aliphatic carbocycles. The van der Waals surface area contributed by atoms with Crippen molar-refractivity contribution in [2.24, 2.45) is 29.6 Å². The molecule has 9 atom stereocenters. The van der Waals surface area contributed by atoms with Crippen LogP contribution in [0.2, 0.25) is 0 Å². The lowest BCUT2D eigenvalue weighted by Gasteiger charge is -2.34. The first-order valence-corrected chi connectivity index (χ1v) is 12.8. The number of aliphatic hydroxyl groups excluding tert-OH is 4. The van der Waals surface area contributed by atoms with E-state index in [9.17, 15) is 15.3 Å². The van der Waals surface area contributed by atoms with Crippen molar-refractivity contribution in [3.63, 3.8) is 0 Å². The minimum Gasteiger partial charge on any atom is -0.393 e. The summed E-state index contributed by atoms with van der Waals surface area (Å²) in [5.74, 6) is 0.222. The quantitative estimate of drug-likeness (QED) is 0.122. The van der Waals surface area contributed by atoms with Crippen LogP contribution in [0.4, 0.5) is 0 Å². The van der Waals surface area contributed by atoms with Crippen molar-refractivity contribution >= 4 is 0 Å². The molecule has 194 valence electrons. The highest BCUT2D eigenvalue weighted by molar-refractivity contribution is 4.81. The van der Waals surface area contributed by atoms with E-state index in [4.69, 9.17) is 9.84 Å². The summed E-state index contributed by atoms with van der Waals surface area (Å²) in [6.45, 7) is 17.2. The van der Waals surface area contributed by atoms with Crippen LogP contribution in [0.5, 0.6) is 0 Å². The maximum Gasteiger partial charge on any atom is 0.0931 e. The molecular weight excluding hydrogens is 408 g/mol. The molecule has 0 radical (unpaired) electrons. The lowest BCUT2D eigenvalue weighted by Crippen LogP contribution is -2.40. The molecule has 0 rings (SSSR count). The molecule has 0 aromatic carbocycles. The van der Waals surface area contributed by atoms with Crippen molar-refractivity contribution < 1.29 is 25.2 Å². The Labute approximate surface area is 197 Å². The highest BCUT2D eigenvalue weighted by Crippen LogP contribution is 2.26. The topological polar surface area (TPSA) is 114 Å². The Balaban J connectivity index is 4.45. The predicted molar refractivity (Wildman–Crippen MR) is 131 cm³/mol. The van der Waals surface area contributed by atoms with Crippen LogP contribution in [0.1, 0.15) is 74.1 Å². The van der Waals surface area contributed by atoms with E-state index in [-0.39, 0.29) is 42.6 Å². The van der Waals surface area contributed by atoms with Gasteiger partial charge in [0.2, 0.25) is 0 Å². The monoisotopic (exact) mass is 462 g/mol. The minimum atomic E-state index is -0.649. The van der Waals surface area contributed by atoms with E-state index >= 15 is 0 Å². The Morgan fingerprint density at radius 3 is 1.94 bits per heavy atom. The molecule has 7 heteroatoms. The molecule has 0 saturated carbocycles. The SMILES string of the molecule is CCC(O)[C@H](C)C(CC)OCC(C)C(O)C(C)C(O)[C@H](C)CC(C)CNCCCNCO. The Kier molecular flexibility index (Phi) is 17.9. The van der Waals surface area contributed by atoms with Gasteiger partial charge in [-0.1, -0.05) is 48.5 Å². The first-order valence-electron chi connectivity index (χ1n) is 12.8. The fourth-order valence-electron chi connectivity index (χ4n) is 4.50. The number of hydrogen-bond donors (Lipinski definition) is 6. The molecule has 7 unspecified atom stereocenters. The highest BCUT2D eigenvalue weighted by Gasteiger charge is 2.32. The first kappa shape index (κ1) is 31.7. The van der Waals surface area contributed by atoms with Crippen LogP contribution >= 0.6 is 0 Å². The fourth-order valence-corrected chi connectivity index (χ4v) is 4.50. The standard InChI is InChI=1S/C25H54N2O5/c1-8-22(29)20(6)23(9-2)32-15-19(5)25(31)21(7)24(30)18(4)13-17(3)14-26-11-10-12-27-16-28/h17-31H,8-16H2,1-7H3/t17?,18-,19?,20+,21?,22?,23?,24?,25?/m1/s1. The molecule has 32 heavy (non-hydrogen) atoms. The van der Waals surface area contributed by atoms with Crippen LogP contribution in [0.25, 0.3) is 0 Å². The summed E-state index contributed by atoms with van der Waals surface area (Å²) >= 11 is 0. The largest absolute Gasteiger partial charge is 0.393 e. The Bertz CT molecular complexity index is 443. The van der Waals surface area contributed by atoms with Crippen LogP contribution in [0, 0.1) is 29.6 Å². The molecule has 0 aliphatic heterocycles. The van der Waals surface area contributed by atoms with Crippen LogP contribution in [0.15, 0.2) is 0 Å². The lowest BCUT2D eigenvalue weighted by atomic mass is 9.81. The summed E-state index contributed by atoms with van der Waals surface area (Å²) in [7, 11) is 0. The van der Waals surface area contributed by atoms with E-state index in [0.717, 1.165) is 38.9 Å². The third-order valence-electron chi connectivity index (χ3n) is 6.92. The average molecular weight is 463 g/mol. The summed E-state index contributed by atoms with van der Waals surface area (Å²) in [6, 6.07) is 0. The summed E-state index contributed by atoms with van der Waals surface area (Å²) in [5, 5.41) is 46.8. The molecule has 0 heterocycles. The van der Waals surface area contributed by atoms with Crippen LogP contribution in [-0.2, 0) is 4.74 Å². The van der Waals surface area contributed by atoms with Crippen molar-refractivity contribution in [2.75, 3.05) is 33.0 Å². The van der Waals surface area contributed by atoms with Gasteiger partial charge in [-0.3, -0.25) is 5.32 Å². The van der Waals surface area contributed by atoms with Crippen molar-refractivity contribution in [2.45, 2.75) is 98.6 Å². The highest BCUT2D eigenvalue weighted by atomic mass is 16.5. The van der Waals surface area contributed by atoms with Crippen molar-refractivity contribution in [1.29, 1.82) is 0 Å². The molecule has 7 nitrogen and oxygen atoms in total. The van der Waals surface area contributed by atoms with E-state index < -0.39 is 12.2 Å². The average Bonchev–Trinajstić information content (AvgIpc) is 2.78. The van der Waals surface area contributed by atoms with Crippen LogP contribution in [-0.4, -0.2) is 77.8 Å². The number of rotatable bonds is 20. The van der Waals surface area contributed by atoms with Crippen molar-refractivity contribution in [3.05, 3.63) is 0 Å². The summed E-state index contributed by atoms with van der Waals surface area (Å²) in [6.07, 6.45) is 1.73. The zero-order valence-corrected chi connectivity index (χ0v) is 21.8. The van der Waals surface area contributed by atoms with Gasteiger partial charge in [-0.2, -0.15) is 0 Å². The summed E-state index contributed by atoms with van der Waals surface area (Å²) in [4.78, 5) is 0. The third kappa shape index (κ3) is 12.3. The van der Waals surface area contributed by atoms with E-state index in [1.165, 1.54) is 0 Å². The Morgan fingerprint density at radius 1 is 0.781 bits per heavy atom. The van der Waals surface area contributed by atoms with Crippen molar-refractivity contribution in [3.8, 4) is 0 Å². The Morgan fingerprint density at radius 2 is 1.38 bits per heavy atom. The van der Waals surface area contributed by atoms with E-state index in [0.29, 0.717) is 18.9 Å². The number of ether oxygens (including phenoxy) is 1. The van der Waals surface area contributed by atoms with Gasteiger partial charge in [-0.15, -0.1) is 0 Å². The molecule has 0 amide bonds. The first-order chi connectivity index (χ1) is 15.1. The van der Waals surface area contributed by atoms with Gasteiger partial charge in [0.15, 0.2) is 0 Å². The zero-order valence-electron chi connectivity index (χ0n) is 21.8. The van der Waals surface area contributed by atoms with E-state index in [2.05, 4.69) is 31.4 Å². The molecule has 0 aromatic rings. The van der Waals surface area contributed by atoms with E-state index in [1.54, 1.807) is 0 Å². The molecule has 0 fully saturated rings. The van der Waals surface area contributed by atoms with Gasteiger partial charge in [0.1, 0.15) is 0 Å². The van der Waals surface area contributed by atoms with Gasteiger partial charge in [-0.25, -0.2) is 0 Å². The second-order valence-electron chi connectivity index (χ2n) is 9.97. The molecule has 0 aliphatic rings. The molecule has 0 bridgehead atoms. The van der Waals surface area contributed by atoms with Crippen LogP contribution < -0.4 is 10.6 Å². The van der Waals surface area contributed by atoms with Gasteiger partial charge >= 0.3 is 0 Å². The second-order valence-corrected chi connectivity index (χ2v) is 9.97. The second kappa shape index (κ2) is 18.1. The molecule has 0 spiro atoms. The number of aliphatic hydroxyl groups is 4. The zero-order chi connectivity index (χ0) is 24.7.